The molecule has 1 aromatic carbocycles. The SMILES string of the molecule is CCCCCCC(=O)c1c[nH]c2cccc(Cl)c12. The zero-order valence-corrected chi connectivity index (χ0v) is 11.4. The van der Waals surface area contributed by atoms with E-state index in [1.54, 1.807) is 6.20 Å². The van der Waals surface area contributed by atoms with Gasteiger partial charge in [0.2, 0.25) is 0 Å². The number of fused-ring (bicyclic) bond motifs is 1. The Kier molecular flexibility index (Phi) is 4.43. The number of hydrogen-bond donors (Lipinski definition) is 1. The lowest BCUT2D eigenvalue weighted by molar-refractivity contribution is 0.0981. The summed E-state index contributed by atoms with van der Waals surface area (Å²) in [5.74, 6) is 0.186. The summed E-state index contributed by atoms with van der Waals surface area (Å²) in [5, 5.41) is 1.50. The highest BCUT2D eigenvalue weighted by atomic mass is 35.5. The zero-order valence-electron chi connectivity index (χ0n) is 10.6. The number of aromatic nitrogens is 1. The molecule has 0 aliphatic rings. The molecule has 0 aliphatic heterocycles. The minimum atomic E-state index is 0.186. The maximum Gasteiger partial charge on any atom is 0.165 e. The van der Waals surface area contributed by atoms with E-state index in [4.69, 9.17) is 11.6 Å². The Hall–Kier alpha value is -1.28. The average molecular weight is 264 g/mol. The number of H-pyrrole nitrogens is 1. The maximum atomic E-state index is 12.2. The summed E-state index contributed by atoms with van der Waals surface area (Å²) in [4.78, 5) is 15.3. The molecule has 2 nitrogen and oxygen atoms in total. The number of hydrogen-bond acceptors (Lipinski definition) is 1. The molecule has 0 amide bonds. The summed E-state index contributed by atoms with van der Waals surface area (Å²) >= 11 is 6.16. The van der Waals surface area contributed by atoms with E-state index < -0.39 is 0 Å². The van der Waals surface area contributed by atoms with Gasteiger partial charge in [0.05, 0.1) is 5.02 Å². The molecule has 18 heavy (non-hydrogen) atoms. The van der Waals surface area contributed by atoms with Crippen LogP contribution in [0.4, 0.5) is 0 Å². The number of carbonyl (C=O) groups excluding carboxylic acids is 1. The molecule has 96 valence electrons. The van der Waals surface area contributed by atoms with Gasteiger partial charge in [0.25, 0.3) is 0 Å². The molecule has 2 aromatic rings. The fourth-order valence-corrected chi connectivity index (χ4v) is 2.48. The van der Waals surface area contributed by atoms with Gasteiger partial charge in [-0.3, -0.25) is 4.79 Å². The predicted molar refractivity (Wildman–Crippen MR) is 76.4 cm³/mol. The Labute approximate surface area is 112 Å². The minimum absolute atomic E-state index is 0.186. The van der Waals surface area contributed by atoms with Crippen molar-refractivity contribution in [1.82, 2.24) is 4.98 Å². The van der Waals surface area contributed by atoms with Crippen LogP contribution in [0.1, 0.15) is 49.4 Å². The van der Waals surface area contributed by atoms with E-state index in [-0.39, 0.29) is 5.78 Å². The molecule has 0 fully saturated rings. The third kappa shape index (κ3) is 2.75. The molecule has 0 saturated heterocycles. The van der Waals surface area contributed by atoms with Crippen molar-refractivity contribution in [2.45, 2.75) is 39.0 Å². The van der Waals surface area contributed by atoms with E-state index in [0.717, 1.165) is 29.3 Å². The average Bonchev–Trinajstić information content (AvgIpc) is 2.80. The van der Waals surface area contributed by atoms with Crippen molar-refractivity contribution in [3.05, 3.63) is 35.0 Å². The molecule has 2 rings (SSSR count). The first-order valence-electron chi connectivity index (χ1n) is 6.53. The van der Waals surface area contributed by atoms with Gasteiger partial charge in [-0.15, -0.1) is 0 Å². The highest BCUT2D eigenvalue weighted by Crippen LogP contribution is 2.27. The first-order valence-corrected chi connectivity index (χ1v) is 6.90. The van der Waals surface area contributed by atoms with Gasteiger partial charge in [0, 0.05) is 29.1 Å². The van der Waals surface area contributed by atoms with Crippen molar-refractivity contribution in [3.8, 4) is 0 Å². The number of aromatic amines is 1. The molecule has 1 heterocycles. The maximum absolute atomic E-state index is 12.2. The molecular formula is C15H18ClNO. The van der Waals surface area contributed by atoms with Crippen LogP contribution in [0.15, 0.2) is 24.4 Å². The molecule has 0 bridgehead atoms. The normalized spacial score (nSPS) is 11.0. The number of carbonyl (C=O) groups is 1. The second-order valence-electron chi connectivity index (χ2n) is 4.60. The van der Waals surface area contributed by atoms with Crippen LogP contribution < -0.4 is 0 Å². The van der Waals surface area contributed by atoms with Gasteiger partial charge >= 0.3 is 0 Å². The summed E-state index contributed by atoms with van der Waals surface area (Å²) in [7, 11) is 0. The third-order valence-electron chi connectivity index (χ3n) is 3.21. The molecule has 0 spiro atoms. The van der Waals surface area contributed by atoms with Crippen LogP contribution in [-0.4, -0.2) is 10.8 Å². The van der Waals surface area contributed by atoms with Crippen LogP contribution in [0, 0.1) is 0 Å². The van der Waals surface area contributed by atoms with Gasteiger partial charge in [-0.2, -0.15) is 0 Å². The van der Waals surface area contributed by atoms with Gasteiger partial charge in [-0.1, -0.05) is 43.9 Å². The number of nitrogens with one attached hydrogen (secondary N) is 1. The predicted octanol–water partition coefficient (Wildman–Crippen LogP) is 4.97. The lowest BCUT2D eigenvalue weighted by atomic mass is 10.0. The van der Waals surface area contributed by atoms with Gasteiger partial charge in [-0.05, 0) is 18.6 Å². The van der Waals surface area contributed by atoms with E-state index in [9.17, 15) is 4.79 Å². The van der Waals surface area contributed by atoms with Crippen LogP contribution in [0.5, 0.6) is 0 Å². The fraction of sp³-hybridized carbons (Fsp3) is 0.400. The van der Waals surface area contributed by atoms with Gasteiger partial charge < -0.3 is 4.98 Å². The minimum Gasteiger partial charge on any atom is -0.360 e. The van der Waals surface area contributed by atoms with Gasteiger partial charge in [-0.25, -0.2) is 0 Å². The Balaban J connectivity index is 2.13. The third-order valence-corrected chi connectivity index (χ3v) is 3.53. The Bertz CT molecular complexity index is 544. The van der Waals surface area contributed by atoms with Crippen molar-refractivity contribution in [2.24, 2.45) is 0 Å². The number of halogens is 1. The highest BCUT2D eigenvalue weighted by molar-refractivity contribution is 6.36. The standard InChI is InChI=1S/C15H18ClNO/c1-2-3-4-5-9-14(18)11-10-17-13-8-6-7-12(16)15(11)13/h6-8,10,17H,2-5,9H2,1H3. The lowest BCUT2D eigenvalue weighted by Gasteiger charge is -2.01. The monoisotopic (exact) mass is 263 g/mol. The Morgan fingerprint density at radius 3 is 2.89 bits per heavy atom. The quantitative estimate of drug-likeness (QED) is 0.579. The second-order valence-corrected chi connectivity index (χ2v) is 5.01. The van der Waals surface area contributed by atoms with Crippen LogP contribution in [0.2, 0.25) is 5.02 Å². The molecule has 3 heteroatoms. The summed E-state index contributed by atoms with van der Waals surface area (Å²) in [6, 6.07) is 5.65. The number of Topliss-reactive ketones (excluding diaryl/α,β-unsaturated/α-hetero) is 1. The Morgan fingerprint density at radius 2 is 2.11 bits per heavy atom. The van der Waals surface area contributed by atoms with Gasteiger partial charge in [0.15, 0.2) is 5.78 Å². The van der Waals surface area contributed by atoms with E-state index in [1.165, 1.54) is 12.8 Å². The van der Waals surface area contributed by atoms with Crippen molar-refractivity contribution in [2.75, 3.05) is 0 Å². The number of rotatable bonds is 6. The molecule has 0 unspecified atom stereocenters. The van der Waals surface area contributed by atoms with Crippen LogP contribution >= 0.6 is 11.6 Å². The first-order chi connectivity index (χ1) is 8.74. The highest BCUT2D eigenvalue weighted by Gasteiger charge is 2.13. The van der Waals surface area contributed by atoms with E-state index >= 15 is 0 Å². The van der Waals surface area contributed by atoms with Gasteiger partial charge in [0.1, 0.15) is 0 Å². The molecule has 1 N–H and O–H groups in total. The Morgan fingerprint density at radius 1 is 1.28 bits per heavy atom. The van der Waals surface area contributed by atoms with E-state index in [1.807, 2.05) is 18.2 Å². The second kappa shape index (κ2) is 6.05. The first kappa shape index (κ1) is 13.2. The number of benzene rings is 1. The molecule has 0 aliphatic carbocycles. The topological polar surface area (TPSA) is 32.9 Å². The van der Waals surface area contributed by atoms with E-state index in [0.29, 0.717) is 11.4 Å². The largest absolute Gasteiger partial charge is 0.360 e. The lowest BCUT2D eigenvalue weighted by Crippen LogP contribution is -1.97. The summed E-state index contributed by atoms with van der Waals surface area (Å²) in [5.41, 5.74) is 1.66. The fourth-order valence-electron chi connectivity index (χ4n) is 2.21. The molecule has 0 radical (unpaired) electrons. The molecule has 1 aromatic heterocycles. The van der Waals surface area contributed by atoms with Crippen LogP contribution in [0.3, 0.4) is 0 Å². The zero-order chi connectivity index (χ0) is 13.0. The molecule has 0 atom stereocenters. The van der Waals surface area contributed by atoms with Crippen molar-refractivity contribution < 1.29 is 4.79 Å². The smallest absolute Gasteiger partial charge is 0.165 e. The van der Waals surface area contributed by atoms with Crippen LogP contribution in [0.25, 0.3) is 10.9 Å². The molecular weight excluding hydrogens is 246 g/mol. The summed E-state index contributed by atoms with van der Waals surface area (Å²) < 4.78 is 0. The summed E-state index contributed by atoms with van der Waals surface area (Å²) in [6.45, 7) is 2.17. The number of unbranched alkanes of at least 4 members (excludes halogenated alkanes) is 3. The van der Waals surface area contributed by atoms with E-state index in [2.05, 4.69) is 11.9 Å². The molecule has 0 saturated carbocycles. The number of ketones is 1. The van der Waals surface area contributed by atoms with Crippen LogP contribution in [-0.2, 0) is 0 Å². The van der Waals surface area contributed by atoms with Crippen molar-refractivity contribution in [1.29, 1.82) is 0 Å². The van der Waals surface area contributed by atoms with Crippen molar-refractivity contribution >= 4 is 28.3 Å². The summed E-state index contributed by atoms with van der Waals surface area (Å²) in [6.07, 6.45) is 6.86. The van der Waals surface area contributed by atoms with Crippen molar-refractivity contribution in [3.63, 3.8) is 0 Å².